The number of H-pyrrole nitrogens is 1. The number of aromatic amines is 1. The second-order valence-corrected chi connectivity index (χ2v) is 5.95. The van der Waals surface area contributed by atoms with Crippen LogP contribution >= 0.6 is 0 Å². The van der Waals surface area contributed by atoms with E-state index >= 15 is 0 Å². The first-order chi connectivity index (χ1) is 11.7. The van der Waals surface area contributed by atoms with Crippen LogP contribution in [0, 0.1) is 0 Å². The Morgan fingerprint density at radius 2 is 2.04 bits per heavy atom. The van der Waals surface area contributed by atoms with Crippen molar-refractivity contribution in [3.05, 3.63) is 48.0 Å². The molecule has 122 valence electrons. The lowest BCUT2D eigenvalue weighted by Crippen LogP contribution is -2.34. The van der Waals surface area contributed by atoms with Crippen LogP contribution in [0.25, 0.3) is 11.0 Å². The van der Waals surface area contributed by atoms with Gasteiger partial charge in [0.15, 0.2) is 5.69 Å². The van der Waals surface area contributed by atoms with Gasteiger partial charge in [-0.15, -0.1) is 0 Å². The maximum absolute atomic E-state index is 11.0. The summed E-state index contributed by atoms with van der Waals surface area (Å²) in [4.78, 5) is 29.2. The molecule has 0 amide bonds. The molecule has 4 heterocycles. The third-order valence-corrected chi connectivity index (χ3v) is 4.54. The highest BCUT2D eigenvalue weighted by Gasteiger charge is 2.25. The van der Waals surface area contributed by atoms with Gasteiger partial charge in [-0.1, -0.05) is 0 Å². The Kier molecular flexibility index (Phi) is 3.60. The molecule has 2 N–H and O–H groups in total. The zero-order valence-corrected chi connectivity index (χ0v) is 13.0. The van der Waals surface area contributed by atoms with E-state index in [1.807, 2.05) is 23.2 Å². The van der Waals surface area contributed by atoms with E-state index in [0.29, 0.717) is 11.9 Å². The van der Waals surface area contributed by atoms with Gasteiger partial charge in [-0.05, 0) is 42.5 Å². The van der Waals surface area contributed by atoms with Crippen LogP contribution in [-0.4, -0.2) is 44.1 Å². The van der Waals surface area contributed by atoms with Crippen LogP contribution in [0.3, 0.4) is 0 Å². The van der Waals surface area contributed by atoms with Crippen LogP contribution in [0.4, 0.5) is 5.95 Å². The minimum Gasteiger partial charge on any atom is -0.477 e. The number of nitrogens with one attached hydrogen (secondary N) is 1. The van der Waals surface area contributed by atoms with Gasteiger partial charge in [0, 0.05) is 31.7 Å². The van der Waals surface area contributed by atoms with Gasteiger partial charge in [0.1, 0.15) is 0 Å². The van der Waals surface area contributed by atoms with E-state index in [1.54, 1.807) is 0 Å². The van der Waals surface area contributed by atoms with Crippen molar-refractivity contribution in [3.8, 4) is 0 Å². The quantitative estimate of drug-likeness (QED) is 0.768. The van der Waals surface area contributed by atoms with Gasteiger partial charge in [-0.25, -0.2) is 14.8 Å². The SMILES string of the molecule is O=C(O)c1ccnc(N2CCC(c3c[nH]c4cccnc34)CC2)n1. The molecular weight excluding hydrogens is 306 g/mol. The Bertz CT molecular complexity index is 883. The highest BCUT2D eigenvalue weighted by Crippen LogP contribution is 2.32. The minimum atomic E-state index is -1.03. The van der Waals surface area contributed by atoms with Crippen LogP contribution in [0.15, 0.2) is 36.8 Å². The van der Waals surface area contributed by atoms with E-state index in [4.69, 9.17) is 5.11 Å². The molecule has 1 aliphatic rings. The first kappa shape index (κ1) is 14.6. The maximum atomic E-state index is 11.0. The molecule has 24 heavy (non-hydrogen) atoms. The summed E-state index contributed by atoms with van der Waals surface area (Å²) >= 11 is 0. The molecule has 1 aliphatic heterocycles. The lowest BCUT2D eigenvalue weighted by atomic mass is 9.90. The van der Waals surface area contributed by atoms with Crippen molar-refractivity contribution in [1.29, 1.82) is 0 Å². The molecule has 0 radical (unpaired) electrons. The number of nitrogens with zero attached hydrogens (tertiary/aromatic N) is 4. The van der Waals surface area contributed by atoms with Gasteiger partial charge in [0.2, 0.25) is 5.95 Å². The van der Waals surface area contributed by atoms with E-state index in [9.17, 15) is 4.79 Å². The highest BCUT2D eigenvalue weighted by molar-refractivity contribution is 5.85. The maximum Gasteiger partial charge on any atom is 0.354 e. The number of rotatable bonds is 3. The topological polar surface area (TPSA) is 95.0 Å². The molecular formula is C17H17N5O2. The summed E-state index contributed by atoms with van der Waals surface area (Å²) in [6.07, 6.45) is 7.30. The summed E-state index contributed by atoms with van der Waals surface area (Å²) in [5, 5.41) is 9.06. The Morgan fingerprint density at radius 3 is 2.83 bits per heavy atom. The van der Waals surface area contributed by atoms with Crippen molar-refractivity contribution in [1.82, 2.24) is 19.9 Å². The molecule has 3 aromatic rings. The molecule has 0 spiro atoms. The average Bonchev–Trinajstić information content (AvgIpc) is 3.06. The summed E-state index contributed by atoms with van der Waals surface area (Å²) in [5.74, 6) is -0.101. The summed E-state index contributed by atoms with van der Waals surface area (Å²) in [5.41, 5.74) is 3.39. The molecule has 0 bridgehead atoms. The number of carbonyl (C=O) groups is 1. The monoisotopic (exact) mass is 323 g/mol. The van der Waals surface area contributed by atoms with Crippen LogP contribution in [-0.2, 0) is 0 Å². The number of fused-ring (bicyclic) bond motifs is 1. The lowest BCUT2D eigenvalue weighted by Gasteiger charge is -2.31. The minimum absolute atomic E-state index is 0.0305. The average molecular weight is 323 g/mol. The molecule has 4 rings (SSSR count). The fraction of sp³-hybridized carbons (Fsp3) is 0.294. The van der Waals surface area contributed by atoms with Crippen molar-refractivity contribution >= 4 is 23.0 Å². The molecule has 0 aliphatic carbocycles. The molecule has 0 saturated carbocycles. The molecule has 3 aromatic heterocycles. The molecule has 1 saturated heterocycles. The van der Waals surface area contributed by atoms with E-state index in [2.05, 4.69) is 26.1 Å². The summed E-state index contributed by atoms with van der Waals surface area (Å²) in [6.45, 7) is 1.60. The highest BCUT2D eigenvalue weighted by atomic mass is 16.4. The first-order valence-corrected chi connectivity index (χ1v) is 7.95. The molecule has 1 fully saturated rings. The molecule has 7 heteroatoms. The lowest BCUT2D eigenvalue weighted by molar-refractivity contribution is 0.0690. The number of carboxylic acid groups (broad SMARTS) is 1. The Labute approximate surface area is 138 Å². The zero-order valence-electron chi connectivity index (χ0n) is 13.0. The third kappa shape index (κ3) is 2.58. The number of aromatic carboxylic acids is 1. The Balaban J connectivity index is 1.51. The number of hydrogen-bond donors (Lipinski definition) is 2. The van der Waals surface area contributed by atoms with Gasteiger partial charge in [0.05, 0.1) is 11.0 Å². The van der Waals surface area contributed by atoms with Gasteiger partial charge in [-0.2, -0.15) is 0 Å². The number of hydrogen-bond acceptors (Lipinski definition) is 5. The number of anilines is 1. The van der Waals surface area contributed by atoms with E-state index < -0.39 is 5.97 Å². The fourth-order valence-electron chi connectivity index (χ4n) is 3.30. The summed E-state index contributed by atoms with van der Waals surface area (Å²) < 4.78 is 0. The smallest absolute Gasteiger partial charge is 0.354 e. The number of aromatic nitrogens is 4. The largest absolute Gasteiger partial charge is 0.477 e. The van der Waals surface area contributed by atoms with E-state index in [1.165, 1.54) is 17.8 Å². The van der Waals surface area contributed by atoms with Crippen LogP contribution in [0.5, 0.6) is 0 Å². The summed E-state index contributed by atoms with van der Waals surface area (Å²) in [6, 6.07) is 5.38. The van der Waals surface area contributed by atoms with Crippen LogP contribution in [0.2, 0.25) is 0 Å². The normalized spacial score (nSPS) is 15.8. The van der Waals surface area contributed by atoms with Crippen LogP contribution in [0.1, 0.15) is 34.8 Å². The van der Waals surface area contributed by atoms with Crippen molar-refractivity contribution in [2.45, 2.75) is 18.8 Å². The number of piperidine rings is 1. The third-order valence-electron chi connectivity index (χ3n) is 4.54. The van der Waals surface area contributed by atoms with Gasteiger partial charge in [0.25, 0.3) is 0 Å². The van der Waals surface area contributed by atoms with Crippen molar-refractivity contribution < 1.29 is 9.90 Å². The standard InChI is InChI=1S/C17H17N5O2/c23-16(24)14-3-7-19-17(21-14)22-8-4-11(5-9-22)12-10-20-13-2-1-6-18-15(12)13/h1-3,6-7,10-11,20H,4-5,8-9H2,(H,23,24). The number of carboxylic acids is 1. The zero-order chi connectivity index (χ0) is 16.5. The summed E-state index contributed by atoms with van der Waals surface area (Å²) in [7, 11) is 0. The fourth-order valence-corrected chi connectivity index (χ4v) is 3.30. The van der Waals surface area contributed by atoms with Crippen molar-refractivity contribution in [2.24, 2.45) is 0 Å². The number of pyridine rings is 1. The molecule has 0 atom stereocenters. The molecule has 0 aromatic carbocycles. The molecule has 0 unspecified atom stereocenters. The van der Waals surface area contributed by atoms with Gasteiger partial charge < -0.3 is 15.0 Å². The second kappa shape index (κ2) is 5.92. The van der Waals surface area contributed by atoms with Crippen LogP contribution < -0.4 is 4.90 Å². The van der Waals surface area contributed by atoms with E-state index in [0.717, 1.165) is 37.0 Å². The van der Waals surface area contributed by atoms with Crippen molar-refractivity contribution in [2.75, 3.05) is 18.0 Å². The Hall–Kier alpha value is -2.96. The van der Waals surface area contributed by atoms with E-state index in [-0.39, 0.29) is 5.69 Å². The van der Waals surface area contributed by atoms with Gasteiger partial charge in [-0.3, -0.25) is 4.98 Å². The predicted molar refractivity (Wildman–Crippen MR) is 89.3 cm³/mol. The predicted octanol–water partition coefficient (Wildman–Crippen LogP) is 2.44. The second-order valence-electron chi connectivity index (χ2n) is 5.95. The first-order valence-electron chi connectivity index (χ1n) is 7.95. The molecule has 7 nitrogen and oxygen atoms in total. The van der Waals surface area contributed by atoms with Crippen molar-refractivity contribution in [3.63, 3.8) is 0 Å². The Morgan fingerprint density at radius 1 is 1.21 bits per heavy atom. The van der Waals surface area contributed by atoms with Gasteiger partial charge >= 0.3 is 5.97 Å².